The SMILES string of the molecule is CCCC(C)Cn1ncc(I)c1N. The van der Waals surface area contributed by atoms with Crippen LogP contribution in [-0.2, 0) is 6.54 Å². The molecule has 0 aliphatic rings. The first kappa shape index (κ1) is 10.8. The first-order valence-electron chi connectivity index (χ1n) is 4.62. The molecular formula is C9H16IN3. The highest BCUT2D eigenvalue weighted by Crippen LogP contribution is 2.16. The number of nitrogen functional groups attached to an aromatic ring is 1. The van der Waals surface area contributed by atoms with Crippen LogP contribution in [0.15, 0.2) is 6.20 Å². The van der Waals surface area contributed by atoms with E-state index < -0.39 is 0 Å². The number of nitrogens with two attached hydrogens (primary N) is 1. The van der Waals surface area contributed by atoms with E-state index in [2.05, 4.69) is 41.5 Å². The summed E-state index contributed by atoms with van der Waals surface area (Å²) < 4.78 is 2.93. The topological polar surface area (TPSA) is 43.8 Å². The standard InChI is InChI=1S/C9H16IN3/c1-3-4-7(2)6-13-9(11)8(10)5-12-13/h5,7H,3-4,6,11H2,1-2H3. The zero-order valence-electron chi connectivity index (χ0n) is 8.13. The average Bonchev–Trinajstić information content (AvgIpc) is 2.37. The molecular weight excluding hydrogens is 277 g/mol. The van der Waals surface area contributed by atoms with Crippen LogP contribution in [0.25, 0.3) is 0 Å². The van der Waals surface area contributed by atoms with Crippen molar-refractivity contribution in [2.45, 2.75) is 33.2 Å². The zero-order chi connectivity index (χ0) is 9.84. The maximum atomic E-state index is 5.84. The molecule has 0 aromatic carbocycles. The first-order chi connectivity index (χ1) is 6.15. The number of hydrogen-bond acceptors (Lipinski definition) is 2. The Kier molecular flexibility index (Phi) is 4.02. The Morgan fingerprint density at radius 3 is 2.85 bits per heavy atom. The van der Waals surface area contributed by atoms with Crippen LogP contribution >= 0.6 is 22.6 Å². The van der Waals surface area contributed by atoms with Crippen molar-refractivity contribution in [1.82, 2.24) is 9.78 Å². The molecule has 0 radical (unpaired) electrons. The van der Waals surface area contributed by atoms with Crippen molar-refractivity contribution in [3.8, 4) is 0 Å². The monoisotopic (exact) mass is 293 g/mol. The summed E-state index contributed by atoms with van der Waals surface area (Å²) in [4.78, 5) is 0. The van der Waals surface area contributed by atoms with Crippen LogP contribution in [0, 0.1) is 9.49 Å². The Bertz CT molecular complexity index is 270. The largest absolute Gasteiger partial charge is 0.383 e. The lowest BCUT2D eigenvalue weighted by molar-refractivity contribution is 0.424. The zero-order valence-corrected chi connectivity index (χ0v) is 10.3. The molecule has 0 aliphatic heterocycles. The van der Waals surface area contributed by atoms with Gasteiger partial charge in [-0.2, -0.15) is 5.10 Å². The highest BCUT2D eigenvalue weighted by Gasteiger charge is 2.07. The van der Waals surface area contributed by atoms with Gasteiger partial charge in [0.15, 0.2) is 0 Å². The Morgan fingerprint density at radius 2 is 2.38 bits per heavy atom. The molecule has 1 atom stereocenters. The van der Waals surface area contributed by atoms with E-state index in [4.69, 9.17) is 5.73 Å². The average molecular weight is 293 g/mol. The fourth-order valence-corrected chi connectivity index (χ4v) is 1.80. The third kappa shape index (κ3) is 2.86. The van der Waals surface area contributed by atoms with Gasteiger partial charge >= 0.3 is 0 Å². The summed E-state index contributed by atoms with van der Waals surface area (Å²) in [6.07, 6.45) is 4.27. The number of anilines is 1. The molecule has 74 valence electrons. The van der Waals surface area contributed by atoms with E-state index in [0.29, 0.717) is 5.92 Å². The molecule has 1 heterocycles. The van der Waals surface area contributed by atoms with Crippen LogP contribution in [0.2, 0.25) is 0 Å². The molecule has 0 spiro atoms. The van der Waals surface area contributed by atoms with Crippen LogP contribution in [-0.4, -0.2) is 9.78 Å². The molecule has 1 unspecified atom stereocenters. The molecule has 1 aromatic heterocycles. The van der Waals surface area contributed by atoms with Crippen molar-refractivity contribution in [3.05, 3.63) is 9.77 Å². The molecule has 0 amide bonds. The highest BCUT2D eigenvalue weighted by atomic mass is 127. The van der Waals surface area contributed by atoms with E-state index in [9.17, 15) is 0 Å². The summed E-state index contributed by atoms with van der Waals surface area (Å²) >= 11 is 2.20. The van der Waals surface area contributed by atoms with Crippen molar-refractivity contribution >= 4 is 28.4 Å². The van der Waals surface area contributed by atoms with Gasteiger partial charge in [-0.05, 0) is 34.9 Å². The van der Waals surface area contributed by atoms with E-state index >= 15 is 0 Å². The van der Waals surface area contributed by atoms with E-state index in [1.54, 1.807) is 0 Å². The van der Waals surface area contributed by atoms with Gasteiger partial charge in [0.1, 0.15) is 5.82 Å². The summed E-state index contributed by atoms with van der Waals surface area (Å²) in [6.45, 7) is 5.37. The summed E-state index contributed by atoms with van der Waals surface area (Å²) in [5, 5.41) is 4.22. The van der Waals surface area contributed by atoms with Crippen LogP contribution in [0.1, 0.15) is 26.7 Å². The third-order valence-electron chi connectivity index (χ3n) is 2.10. The quantitative estimate of drug-likeness (QED) is 0.867. The molecule has 1 aromatic rings. The van der Waals surface area contributed by atoms with Gasteiger partial charge < -0.3 is 5.73 Å². The second-order valence-electron chi connectivity index (χ2n) is 3.45. The Morgan fingerprint density at radius 1 is 1.69 bits per heavy atom. The molecule has 0 bridgehead atoms. The summed E-state index contributed by atoms with van der Waals surface area (Å²) in [5.41, 5.74) is 5.84. The summed E-state index contributed by atoms with van der Waals surface area (Å²) in [7, 11) is 0. The number of rotatable bonds is 4. The minimum absolute atomic E-state index is 0.656. The van der Waals surface area contributed by atoms with Crippen LogP contribution < -0.4 is 5.73 Å². The predicted octanol–water partition coefficient (Wildman–Crippen LogP) is 2.51. The van der Waals surface area contributed by atoms with E-state index in [0.717, 1.165) is 15.9 Å². The highest BCUT2D eigenvalue weighted by molar-refractivity contribution is 14.1. The van der Waals surface area contributed by atoms with Crippen LogP contribution in [0.4, 0.5) is 5.82 Å². The van der Waals surface area contributed by atoms with Gasteiger partial charge in [-0.3, -0.25) is 0 Å². The first-order valence-corrected chi connectivity index (χ1v) is 5.69. The minimum atomic E-state index is 0.656. The minimum Gasteiger partial charge on any atom is -0.383 e. The molecule has 0 saturated carbocycles. The van der Waals surface area contributed by atoms with Gasteiger partial charge in [0.25, 0.3) is 0 Å². The van der Waals surface area contributed by atoms with E-state index in [-0.39, 0.29) is 0 Å². The lowest BCUT2D eigenvalue weighted by atomic mass is 10.1. The molecule has 0 fully saturated rings. The smallest absolute Gasteiger partial charge is 0.135 e. The number of halogens is 1. The van der Waals surface area contributed by atoms with E-state index in [1.807, 2.05) is 10.9 Å². The predicted molar refractivity (Wildman–Crippen MR) is 63.4 cm³/mol. The number of hydrogen-bond donors (Lipinski definition) is 1. The Labute approximate surface area is 92.8 Å². The van der Waals surface area contributed by atoms with Gasteiger partial charge in [-0.1, -0.05) is 20.3 Å². The summed E-state index contributed by atoms with van der Waals surface area (Å²) in [5.74, 6) is 1.45. The molecule has 3 nitrogen and oxygen atoms in total. The fraction of sp³-hybridized carbons (Fsp3) is 0.667. The van der Waals surface area contributed by atoms with Crippen LogP contribution in [0.5, 0.6) is 0 Å². The molecule has 13 heavy (non-hydrogen) atoms. The molecule has 0 saturated heterocycles. The lowest BCUT2D eigenvalue weighted by Gasteiger charge is -2.10. The molecule has 1 rings (SSSR count). The normalized spacial score (nSPS) is 13.2. The van der Waals surface area contributed by atoms with E-state index in [1.165, 1.54) is 12.8 Å². The second kappa shape index (κ2) is 4.83. The van der Waals surface area contributed by atoms with Gasteiger partial charge in [0.2, 0.25) is 0 Å². The third-order valence-corrected chi connectivity index (χ3v) is 2.93. The molecule has 0 aliphatic carbocycles. The molecule has 4 heteroatoms. The van der Waals surface area contributed by atoms with Gasteiger partial charge in [-0.25, -0.2) is 4.68 Å². The maximum Gasteiger partial charge on any atom is 0.135 e. The molecule has 2 N–H and O–H groups in total. The summed E-state index contributed by atoms with van der Waals surface area (Å²) in [6, 6.07) is 0. The fourth-order valence-electron chi connectivity index (χ4n) is 1.40. The van der Waals surface area contributed by atoms with Crippen molar-refractivity contribution in [3.63, 3.8) is 0 Å². The Hall–Kier alpha value is -0.260. The lowest BCUT2D eigenvalue weighted by Crippen LogP contribution is -2.11. The van der Waals surface area contributed by atoms with Crippen LogP contribution in [0.3, 0.4) is 0 Å². The number of nitrogens with zero attached hydrogens (tertiary/aromatic N) is 2. The van der Waals surface area contributed by atoms with Crippen molar-refractivity contribution in [1.29, 1.82) is 0 Å². The van der Waals surface area contributed by atoms with Gasteiger partial charge in [0.05, 0.1) is 9.77 Å². The van der Waals surface area contributed by atoms with Gasteiger partial charge in [-0.15, -0.1) is 0 Å². The van der Waals surface area contributed by atoms with Gasteiger partial charge in [0, 0.05) is 6.54 Å². The number of aromatic nitrogens is 2. The second-order valence-corrected chi connectivity index (χ2v) is 4.62. The Balaban J connectivity index is 2.58. The van der Waals surface area contributed by atoms with Crippen molar-refractivity contribution in [2.24, 2.45) is 5.92 Å². The maximum absolute atomic E-state index is 5.84. The van der Waals surface area contributed by atoms with Crippen molar-refractivity contribution in [2.75, 3.05) is 5.73 Å². The van der Waals surface area contributed by atoms with Crippen molar-refractivity contribution < 1.29 is 0 Å².